The Bertz CT molecular complexity index is 286. The van der Waals surface area contributed by atoms with Crippen molar-refractivity contribution in [2.75, 3.05) is 20.6 Å². The maximum Gasteiger partial charge on any atom is 0.0300 e. The third-order valence-electron chi connectivity index (χ3n) is 2.68. The van der Waals surface area contributed by atoms with Gasteiger partial charge >= 0.3 is 0 Å². The zero-order valence-corrected chi connectivity index (χ0v) is 12.3. The summed E-state index contributed by atoms with van der Waals surface area (Å²) in [4.78, 5) is 5.11. The zero-order chi connectivity index (χ0) is 11.3. The molecule has 1 N–H and O–H groups in total. The molecule has 0 aliphatic rings. The van der Waals surface area contributed by atoms with Crippen molar-refractivity contribution in [1.29, 1.82) is 0 Å². The Morgan fingerprint density at radius 3 is 2.50 bits per heavy atom. The molecule has 1 aromatic heterocycles. The summed E-state index contributed by atoms with van der Waals surface area (Å²) < 4.78 is 0. The summed E-state index contributed by atoms with van der Waals surface area (Å²) in [6.07, 6.45) is 1.20. The molecule has 0 radical (unpaired) electrons. The number of hydrogen-bond donors (Lipinski definition) is 1. The van der Waals surface area contributed by atoms with Crippen molar-refractivity contribution in [3.05, 3.63) is 21.9 Å². The summed E-state index contributed by atoms with van der Waals surface area (Å²) in [6, 6.07) is 5.04. The van der Waals surface area contributed by atoms with Crippen LogP contribution in [0.25, 0.3) is 0 Å². The maximum atomic E-state index is 3.52. The molecule has 1 atom stereocenters. The Hall–Kier alpha value is -0.0900. The van der Waals surface area contributed by atoms with Gasteiger partial charge in [-0.05, 0) is 39.6 Å². The SMILES string of the molecule is CCC(CNCc1ccc(C)s1)N(C)C.Cl. The molecule has 1 heterocycles. The predicted octanol–water partition coefficient (Wildman–Crippen LogP) is 2.91. The van der Waals surface area contributed by atoms with E-state index in [1.165, 1.54) is 16.2 Å². The van der Waals surface area contributed by atoms with Gasteiger partial charge in [0.1, 0.15) is 0 Å². The van der Waals surface area contributed by atoms with E-state index in [4.69, 9.17) is 0 Å². The standard InChI is InChI=1S/C12H22N2S.ClH/c1-5-11(14(3)4)8-13-9-12-7-6-10(2)15-12;/h6-7,11,13H,5,8-9H2,1-4H3;1H. The van der Waals surface area contributed by atoms with Gasteiger partial charge in [-0.2, -0.15) is 0 Å². The van der Waals surface area contributed by atoms with E-state index in [0.29, 0.717) is 6.04 Å². The lowest BCUT2D eigenvalue weighted by molar-refractivity contribution is 0.276. The molecule has 16 heavy (non-hydrogen) atoms. The number of hydrogen-bond acceptors (Lipinski definition) is 3. The van der Waals surface area contributed by atoms with Crippen molar-refractivity contribution in [1.82, 2.24) is 10.2 Å². The molecule has 2 nitrogen and oxygen atoms in total. The van der Waals surface area contributed by atoms with Crippen molar-refractivity contribution >= 4 is 23.7 Å². The maximum absolute atomic E-state index is 3.52. The molecule has 0 spiro atoms. The molecule has 0 aliphatic heterocycles. The number of likely N-dealkylation sites (N-methyl/N-ethyl adjacent to an activating group) is 1. The Morgan fingerprint density at radius 2 is 2.06 bits per heavy atom. The van der Waals surface area contributed by atoms with Crippen LogP contribution in [0.2, 0.25) is 0 Å². The van der Waals surface area contributed by atoms with Gasteiger partial charge in [0.25, 0.3) is 0 Å². The van der Waals surface area contributed by atoms with Gasteiger partial charge < -0.3 is 10.2 Å². The van der Waals surface area contributed by atoms with E-state index in [2.05, 4.69) is 50.3 Å². The van der Waals surface area contributed by atoms with Gasteiger partial charge in [0, 0.05) is 28.9 Å². The molecule has 0 saturated carbocycles. The molecule has 4 heteroatoms. The van der Waals surface area contributed by atoms with Gasteiger partial charge in [0.05, 0.1) is 0 Å². The van der Waals surface area contributed by atoms with E-state index >= 15 is 0 Å². The molecule has 94 valence electrons. The first-order chi connectivity index (χ1) is 7.13. The second-order valence-electron chi connectivity index (χ2n) is 4.17. The van der Waals surface area contributed by atoms with E-state index in [0.717, 1.165) is 13.1 Å². The molecule has 1 aromatic rings. The van der Waals surface area contributed by atoms with Crippen LogP contribution in [-0.4, -0.2) is 31.6 Å². The lowest BCUT2D eigenvalue weighted by Gasteiger charge is -2.22. The van der Waals surface area contributed by atoms with E-state index in [1.807, 2.05) is 11.3 Å². The van der Waals surface area contributed by atoms with Gasteiger partial charge in [-0.15, -0.1) is 23.7 Å². The van der Waals surface area contributed by atoms with E-state index in [-0.39, 0.29) is 12.4 Å². The van der Waals surface area contributed by atoms with Crippen molar-refractivity contribution in [3.8, 4) is 0 Å². The van der Waals surface area contributed by atoms with Crippen LogP contribution < -0.4 is 5.32 Å². The van der Waals surface area contributed by atoms with Crippen LogP contribution in [0.5, 0.6) is 0 Å². The van der Waals surface area contributed by atoms with Crippen LogP contribution in [-0.2, 0) is 6.54 Å². The third-order valence-corrected chi connectivity index (χ3v) is 3.68. The van der Waals surface area contributed by atoms with Crippen LogP contribution in [0.15, 0.2) is 12.1 Å². The van der Waals surface area contributed by atoms with Crippen molar-refractivity contribution in [3.63, 3.8) is 0 Å². The summed E-state index contributed by atoms with van der Waals surface area (Å²) >= 11 is 1.88. The van der Waals surface area contributed by atoms with Crippen molar-refractivity contribution in [2.24, 2.45) is 0 Å². The van der Waals surface area contributed by atoms with Crippen LogP contribution in [0.4, 0.5) is 0 Å². The molecule has 0 fully saturated rings. The number of thiophene rings is 1. The van der Waals surface area contributed by atoms with Gasteiger partial charge in [0.2, 0.25) is 0 Å². The fraction of sp³-hybridized carbons (Fsp3) is 0.667. The molecule has 0 aliphatic carbocycles. The summed E-state index contributed by atoms with van der Waals surface area (Å²) in [7, 11) is 4.29. The minimum Gasteiger partial charge on any atom is -0.310 e. The fourth-order valence-corrected chi connectivity index (χ4v) is 2.49. The van der Waals surface area contributed by atoms with E-state index < -0.39 is 0 Å². The Balaban J connectivity index is 0.00000225. The average Bonchev–Trinajstić information content (AvgIpc) is 2.58. The van der Waals surface area contributed by atoms with E-state index in [1.54, 1.807) is 0 Å². The molecule has 0 amide bonds. The number of rotatable bonds is 6. The molecule has 0 bridgehead atoms. The summed E-state index contributed by atoms with van der Waals surface area (Å²) in [5.41, 5.74) is 0. The van der Waals surface area contributed by atoms with Crippen LogP contribution in [0.3, 0.4) is 0 Å². The molecule has 1 unspecified atom stereocenters. The van der Waals surface area contributed by atoms with Crippen LogP contribution in [0, 0.1) is 6.92 Å². The normalized spacial score (nSPS) is 12.6. The largest absolute Gasteiger partial charge is 0.310 e. The predicted molar refractivity (Wildman–Crippen MR) is 75.8 cm³/mol. The first-order valence-electron chi connectivity index (χ1n) is 5.56. The Morgan fingerprint density at radius 1 is 1.38 bits per heavy atom. The molecule has 0 aromatic carbocycles. The number of aryl methyl sites for hydroxylation is 1. The average molecular weight is 263 g/mol. The van der Waals surface area contributed by atoms with Gasteiger partial charge in [-0.1, -0.05) is 6.92 Å². The summed E-state index contributed by atoms with van der Waals surface area (Å²) in [5.74, 6) is 0. The second-order valence-corrected chi connectivity index (χ2v) is 5.54. The summed E-state index contributed by atoms with van der Waals surface area (Å²) in [6.45, 7) is 6.47. The fourth-order valence-electron chi connectivity index (χ4n) is 1.63. The Kier molecular flexibility index (Phi) is 8.02. The quantitative estimate of drug-likeness (QED) is 0.848. The zero-order valence-electron chi connectivity index (χ0n) is 10.6. The molecule has 0 saturated heterocycles. The monoisotopic (exact) mass is 262 g/mol. The topological polar surface area (TPSA) is 15.3 Å². The van der Waals surface area contributed by atoms with Crippen LogP contribution >= 0.6 is 23.7 Å². The molecular weight excluding hydrogens is 240 g/mol. The Labute approximate surface area is 109 Å². The minimum absolute atomic E-state index is 0. The highest BCUT2D eigenvalue weighted by Gasteiger charge is 2.07. The highest BCUT2D eigenvalue weighted by atomic mass is 35.5. The third kappa shape index (κ3) is 5.30. The van der Waals surface area contributed by atoms with Gasteiger partial charge in [-0.3, -0.25) is 0 Å². The van der Waals surface area contributed by atoms with E-state index in [9.17, 15) is 0 Å². The lowest BCUT2D eigenvalue weighted by atomic mass is 10.2. The summed E-state index contributed by atoms with van der Waals surface area (Å²) in [5, 5.41) is 3.52. The van der Waals surface area contributed by atoms with Crippen LogP contribution in [0.1, 0.15) is 23.1 Å². The van der Waals surface area contributed by atoms with Crippen molar-refractivity contribution < 1.29 is 0 Å². The second kappa shape index (κ2) is 8.07. The number of nitrogens with zero attached hydrogens (tertiary/aromatic N) is 1. The number of nitrogens with one attached hydrogen (secondary N) is 1. The smallest absolute Gasteiger partial charge is 0.0300 e. The molecule has 1 rings (SSSR count). The highest BCUT2D eigenvalue weighted by molar-refractivity contribution is 7.11. The van der Waals surface area contributed by atoms with Crippen molar-refractivity contribution in [2.45, 2.75) is 32.9 Å². The first-order valence-corrected chi connectivity index (χ1v) is 6.37. The van der Waals surface area contributed by atoms with Gasteiger partial charge in [-0.25, -0.2) is 0 Å². The molecular formula is C12H23ClN2S. The van der Waals surface area contributed by atoms with Gasteiger partial charge in [0.15, 0.2) is 0 Å². The minimum atomic E-state index is 0. The highest BCUT2D eigenvalue weighted by Crippen LogP contribution is 2.14. The lowest BCUT2D eigenvalue weighted by Crippen LogP contribution is -2.36. The number of halogens is 1. The first kappa shape index (κ1) is 15.9.